The van der Waals surface area contributed by atoms with E-state index < -0.39 is 6.10 Å². The number of thiazole rings is 1. The minimum atomic E-state index is -0.481. The van der Waals surface area contributed by atoms with E-state index in [4.69, 9.17) is 4.74 Å². The highest BCUT2D eigenvalue weighted by atomic mass is 32.1. The number of thiophene rings is 1. The fraction of sp³-hybridized carbons (Fsp3) is 0.300. The van der Waals surface area contributed by atoms with Crippen molar-refractivity contribution in [1.82, 2.24) is 4.98 Å². The fourth-order valence-corrected chi connectivity index (χ4v) is 2.73. The normalized spacial score (nSPS) is 12.7. The average molecular weight is 241 g/mol. The molecule has 2 rings (SSSR count). The molecule has 1 atom stereocenters. The molecule has 0 fully saturated rings. The molecule has 2 heterocycles. The van der Waals surface area contributed by atoms with Crippen LogP contribution in [0.2, 0.25) is 0 Å². The number of aromatic nitrogens is 1. The first-order chi connectivity index (χ1) is 7.29. The van der Waals surface area contributed by atoms with Crippen molar-refractivity contribution >= 4 is 22.7 Å². The van der Waals surface area contributed by atoms with Crippen LogP contribution in [-0.4, -0.2) is 17.2 Å². The Kier molecular flexibility index (Phi) is 3.35. The van der Waals surface area contributed by atoms with Gasteiger partial charge in [0.25, 0.3) is 0 Å². The van der Waals surface area contributed by atoms with Crippen molar-refractivity contribution < 1.29 is 9.84 Å². The summed E-state index contributed by atoms with van der Waals surface area (Å²) in [5, 5.41) is 14.7. The van der Waals surface area contributed by atoms with Gasteiger partial charge in [-0.15, -0.1) is 22.7 Å². The van der Waals surface area contributed by atoms with E-state index in [1.807, 2.05) is 16.8 Å². The van der Waals surface area contributed by atoms with E-state index >= 15 is 0 Å². The van der Waals surface area contributed by atoms with Crippen molar-refractivity contribution in [3.63, 3.8) is 0 Å². The highest BCUT2D eigenvalue weighted by Crippen LogP contribution is 2.29. The van der Waals surface area contributed by atoms with Crippen molar-refractivity contribution in [2.75, 3.05) is 7.11 Å². The van der Waals surface area contributed by atoms with Gasteiger partial charge in [-0.05, 0) is 6.07 Å². The maximum Gasteiger partial charge on any atom is 0.129 e. The zero-order valence-electron chi connectivity index (χ0n) is 8.21. The Morgan fingerprint density at radius 1 is 1.53 bits per heavy atom. The van der Waals surface area contributed by atoms with Crippen molar-refractivity contribution in [3.05, 3.63) is 32.9 Å². The Morgan fingerprint density at radius 2 is 2.40 bits per heavy atom. The molecule has 3 nitrogen and oxygen atoms in total. The Bertz CT molecular complexity index is 411. The highest BCUT2D eigenvalue weighted by molar-refractivity contribution is 7.10. The van der Waals surface area contributed by atoms with Crippen LogP contribution in [0.1, 0.15) is 16.0 Å². The number of hydrogen-bond acceptors (Lipinski definition) is 5. The van der Waals surface area contributed by atoms with E-state index in [2.05, 4.69) is 4.98 Å². The van der Waals surface area contributed by atoms with E-state index in [0.717, 1.165) is 15.6 Å². The van der Waals surface area contributed by atoms with Gasteiger partial charge < -0.3 is 9.84 Å². The van der Waals surface area contributed by atoms with Crippen LogP contribution in [0.5, 0.6) is 5.75 Å². The smallest absolute Gasteiger partial charge is 0.129 e. The lowest BCUT2D eigenvalue weighted by Gasteiger charge is -2.04. The van der Waals surface area contributed by atoms with Crippen LogP contribution in [0.4, 0.5) is 0 Å². The number of hydrogen-bond donors (Lipinski definition) is 1. The summed E-state index contributed by atoms with van der Waals surface area (Å²) in [6, 6.07) is 1.86. The second kappa shape index (κ2) is 4.74. The van der Waals surface area contributed by atoms with E-state index in [-0.39, 0.29) is 0 Å². The lowest BCUT2D eigenvalue weighted by atomic mass is 10.2. The standard InChI is InChI=1S/C10H11NO2S2/c1-13-7-4-9(15-6-7)8(12)5-10-11-2-3-14-10/h2-4,6,8,12H,5H2,1H3. The molecule has 1 N–H and O–H groups in total. The molecule has 0 bridgehead atoms. The molecule has 0 spiro atoms. The third kappa shape index (κ3) is 2.56. The van der Waals surface area contributed by atoms with Gasteiger partial charge in [0.1, 0.15) is 5.75 Å². The molecule has 2 aromatic rings. The summed E-state index contributed by atoms with van der Waals surface area (Å²) in [5.41, 5.74) is 0. The number of aliphatic hydroxyl groups excluding tert-OH is 1. The van der Waals surface area contributed by atoms with Gasteiger partial charge >= 0.3 is 0 Å². The van der Waals surface area contributed by atoms with Gasteiger partial charge in [0.05, 0.1) is 18.2 Å². The third-order valence-electron chi connectivity index (χ3n) is 2.01. The molecule has 80 valence electrons. The first kappa shape index (κ1) is 10.6. The van der Waals surface area contributed by atoms with Gasteiger partial charge in [0.2, 0.25) is 0 Å². The van der Waals surface area contributed by atoms with E-state index in [9.17, 15) is 5.11 Å². The summed E-state index contributed by atoms with van der Waals surface area (Å²) in [6.07, 6.45) is 1.84. The molecule has 0 saturated heterocycles. The van der Waals surface area contributed by atoms with Gasteiger partial charge in [0, 0.05) is 28.3 Å². The molecule has 0 aliphatic carbocycles. The Morgan fingerprint density at radius 3 is 3.00 bits per heavy atom. The predicted molar refractivity (Wildman–Crippen MR) is 61.6 cm³/mol. The minimum absolute atomic E-state index is 0.481. The largest absolute Gasteiger partial charge is 0.496 e. The maximum absolute atomic E-state index is 9.92. The molecule has 0 amide bonds. The van der Waals surface area contributed by atoms with Crippen LogP contribution in [-0.2, 0) is 6.42 Å². The van der Waals surface area contributed by atoms with Crippen LogP contribution in [0.25, 0.3) is 0 Å². The molecule has 15 heavy (non-hydrogen) atoms. The zero-order chi connectivity index (χ0) is 10.7. The van der Waals surface area contributed by atoms with E-state index in [0.29, 0.717) is 6.42 Å². The summed E-state index contributed by atoms with van der Waals surface area (Å²) in [5.74, 6) is 0.799. The number of aliphatic hydroxyl groups is 1. The third-order valence-corrected chi connectivity index (χ3v) is 3.83. The SMILES string of the molecule is COc1csc(C(O)Cc2nccs2)c1. The quantitative estimate of drug-likeness (QED) is 0.894. The minimum Gasteiger partial charge on any atom is -0.496 e. The molecule has 5 heteroatoms. The molecule has 2 aromatic heterocycles. The molecular weight excluding hydrogens is 230 g/mol. The molecule has 0 radical (unpaired) electrons. The molecule has 0 aliphatic heterocycles. The lowest BCUT2D eigenvalue weighted by molar-refractivity contribution is 0.182. The van der Waals surface area contributed by atoms with Crippen LogP contribution >= 0.6 is 22.7 Å². The van der Waals surface area contributed by atoms with Crippen LogP contribution in [0.15, 0.2) is 23.0 Å². The number of nitrogens with zero attached hydrogens (tertiary/aromatic N) is 1. The monoisotopic (exact) mass is 241 g/mol. The summed E-state index contributed by atoms with van der Waals surface area (Å²) in [6.45, 7) is 0. The van der Waals surface area contributed by atoms with Crippen molar-refractivity contribution in [3.8, 4) is 5.75 Å². The second-order valence-electron chi connectivity index (χ2n) is 3.03. The van der Waals surface area contributed by atoms with Crippen molar-refractivity contribution in [2.45, 2.75) is 12.5 Å². The van der Waals surface area contributed by atoms with Crippen LogP contribution in [0.3, 0.4) is 0 Å². The number of rotatable bonds is 4. The average Bonchev–Trinajstić information content (AvgIpc) is 2.86. The Balaban J connectivity index is 2.04. The van der Waals surface area contributed by atoms with Gasteiger partial charge in [-0.1, -0.05) is 0 Å². The molecule has 0 saturated carbocycles. The second-order valence-corrected chi connectivity index (χ2v) is 4.96. The van der Waals surface area contributed by atoms with E-state index in [1.165, 1.54) is 11.3 Å². The first-order valence-electron chi connectivity index (χ1n) is 4.48. The zero-order valence-corrected chi connectivity index (χ0v) is 9.85. The van der Waals surface area contributed by atoms with Gasteiger partial charge in [-0.3, -0.25) is 0 Å². The Hall–Kier alpha value is -0.910. The van der Waals surface area contributed by atoms with E-state index in [1.54, 1.807) is 24.6 Å². The first-order valence-corrected chi connectivity index (χ1v) is 6.24. The maximum atomic E-state index is 9.92. The van der Waals surface area contributed by atoms with Crippen molar-refractivity contribution in [1.29, 1.82) is 0 Å². The number of ether oxygens (including phenoxy) is 1. The summed E-state index contributed by atoms with van der Waals surface area (Å²) < 4.78 is 5.07. The Labute approximate surface area is 96.0 Å². The van der Waals surface area contributed by atoms with Crippen molar-refractivity contribution in [2.24, 2.45) is 0 Å². The van der Waals surface area contributed by atoms with Gasteiger partial charge in [-0.2, -0.15) is 0 Å². The highest BCUT2D eigenvalue weighted by Gasteiger charge is 2.12. The van der Waals surface area contributed by atoms with Crippen LogP contribution < -0.4 is 4.74 Å². The van der Waals surface area contributed by atoms with Crippen LogP contribution in [0, 0.1) is 0 Å². The van der Waals surface area contributed by atoms with Gasteiger partial charge in [-0.25, -0.2) is 4.98 Å². The summed E-state index contributed by atoms with van der Waals surface area (Å²) >= 11 is 3.07. The molecule has 0 aromatic carbocycles. The summed E-state index contributed by atoms with van der Waals surface area (Å²) in [7, 11) is 1.62. The molecule has 1 unspecified atom stereocenters. The summed E-state index contributed by atoms with van der Waals surface area (Å²) in [4.78, 5) is 5.06. The fourth-order valence-electron chi connectivity index (χ4n) is 1.24. The van der Waals surface area contributed by atoms with Gasteiger partial charge in [0.15, 0.2) is 0 Å². The lowest BCUT2D eigenvalue weighted by Crippen LogP contribution is -1.98. The molecule has 0 aliphatic rings. The topological polar surface area (TPSA) is 42.4 Å². The molecular formula is C10H11NO2S2. The number of methoxy groups -OCH3 is 1. The predicted octanol–water partition coefficient (Wildman–Crippen LogP) is 2.49.